The number of halogens is 3. The smallest absolute Gasteiger partial charge is 0.353 e. The third kappa shape index (κ3) is 4.53. The molecule has 2 aromatic rings. The van der Waals surface area contributed by atoms with Crippen molar-refractivity contribution in [1.82, 2.24) is 14.9 Å². The van der Waals surface area contributed by atoms with E-state index in [0.29, 0.717) is 32.0 Å². The molecule has 3 heterocycles. The zero-order chi connectivity index (χ0) is 23.0. The summed E-state index contributed by atoms with van der Waals surface area (Å²) in [7, 11) is 0. The molecule has 2 saturated heterocycles. The van der Waals surface area contributed by atoms with Crippen molar-refractivity contribution in [2.75, 3.05) is 42.5 Å². The summed E-state index contributed by atoms with van der Waals surface area (Å²) in [6.45, 7) is 6.04. The zero-order valence-electron chi connectivity index (χ0n) is 17.9. The van der Waals surface area contributed by atoms with Gasteiger partial charge in [0.05, 0.1) is 11.5 Å². The predicted octanol–water partition coefficient (Wildman–Crippen LogP) is 2.81. The molecule has 0 saturated carbocycles. The summed E-state index contributed by atoms with van der Waals surface area (Å²) in [5, 5.41) is 0. The molecule has 0 aliphatic carbocycles. The van der Waals surface area contributed by atoms with Crippen LogP contribution in [0, 0.1) is 19.8 Å². The lowest BCUT2D eigenvalue weighted by atomic mass is 10.1. The van der Waals surface area contributed by atoms with Crippen LogP contribution in [0.4, 0.5) is 24.7 Å². The number of aryl methyl sites for hydroxylation is 2. The van der Waals surface area contributed by atoms with Gasteiger partial charge in [0.15, 0.2) is 0 Å². The summed E-state index contributed by atoms with van der Waals surface area (Å²) in [5.74, 6) is 0.481. The number of hydrogen-bond donors (Lipinski definition) is 0. The number of nitrogens with zero attached hydrogens (tertiary/aromatic N) is 5. The molecule has 170 valence electrons. The normalized spacial score (nSPS) is 19.6. The maximum absolute atomic E-state index is 13.0. The summed E-state index contributed by atoms with van der Waals surface area (Å²) in [6, 6.07) is 6.57. The number of carbonyl (C=O) groups is 2. The molecule has 10 heteroatoms. The number of piperazine rings is 1. The topological polar surface area (TPSA) is 69.6 Å². The molecule has 1 atom stereocenters. The highest BCUT2D eigenvalue weighted by molar-refractivity contribution is 6.00. The lowest BCUT2D eigenvalue weighted by Gasteiger charge is -2.36. The maximum atomic E-state index is 13.0. The Morgan fingerprint density at radius 3 is 2.44 bits per heavy atom. The van der Waals surface area contributed by atoms with Crippen LogP contribution in [0.5, 0.6) is 0 Å². The summed E-state index contributed by atoms with van der Waals surface area (Å²) in [4.78, 5) is 39.4. The van der Waals surface area contributed by atoms with E-state index in [4.69, 9.17) is 0 Å². The molecule has 2 amide bonds. The van der Waals surface area contributed by atoms with Gasteiger partial charge in [0.25, 0.3) is 0 Å². The van der Waals surface area contributed by atoms with Crippen molar-refractivity contribution < 1.29 is 22.8 Å². The average Bonchev–Trinajstić information content (AvgIpc) is 3.14. The van der Waals surface area contributed by atoms with Crippen molar-refractivity contribution in [2.24, 2.45) is 5.92 Å². The fourth-order valence-corrected chi connectivity index (χ4v) is 4.25. The highest BCUT2D eigenvalue weighted by atomic mass is 19.4. The third-order valence-corrected chi connectivity index (χ3v) is 5.83. The van der Waals surface area contributed by atoms with Crippen LogP contribution in [0.25, 0.3) is 0 Å². The lowest BCUT2D eigenvalue weighted by molar-refractivity contribution is -0.137. The maximum Gasteiger partial charge on any atom is 0.416 e. The molecule has 0 N–H and O–H groups in total. The molecule has 0 spiro atoms. The van der Waals surface area contributed by atoms with Gasteiger partial charge >= 0.3 is 6.18 Å². The van der Waals surface area contributed by atoms with E-state index in [0.717, 1.165) is 23.6 Å². The zero-order valence-corrected chi connectivity index (χ0v) is 17.9. The Balaban J connectivity index is 1.39. The first kappa shape index (κ1) is 22.0. The van der Waals surface area contributed by atoms with Crippen LogP contribution in [0.3, 0.4) is 0 Å². The van der Waals surface area contributed by atoms with Crippen molar-refractivity contribution >= 4 is 23.3 Å². The average molecular weight is 447 g/mol. The van der Waals surface area contributed by atoms with Gasteiger partial charge in [-0.3, -0.25) is 9.59 Å². The van der Waals surface area contributed by atoms with E-state index in [1.165, 1.54) is 17.0 Å². The van der Waals surface area contributed by atoms with Gasteiger partial charge < -0.3 is 14.7 Å². The minimum atomic E-state index is -4.49. The quantitative estimate of drug-likeness (QED) is 0.724. The summed E-state index contributed by atoms with van der Waals surface area (Å²) in [6.07, 6.45) is -4.49. The number of hydrogen-bond acceptors (Lipinski definition) is 5. The Morgan fingerprint density at radius 2 is 1.78 bits per heavy atom. The highest BCUT2D eigenvalue weighted by Gasteiger charge is 2.39. The van der Waals surface area contributed by atoms with Gasteiger partial charge in [0.1, 0.15) is 11.6 Å². The number of alkyl halides is 3. The number of amides is 2. The van der Waals surface area contributed by atoms with E-state index < -0.39 is 17.7 Å². The molecule has 32 heavy (non-hydrogen) atoms. The molecule has 2 aliphatic rings. The van der Waals surface area contributed by atoms with E-state index in [9.17, 15) is 22.8 Å². The Kier molecular flexibility index (Phi) is 5.79. The predicted molar refractivity (Wildman–Crippen MR) is 112 cm³/mol. The fourth-order valence-electron chi connectivity index (χ4n) is 4.25. The second-order valence-corrected chi connectivity index (χ2v) is 8.18. The first-order valence-electron chi connectivity index (χ1n) is 10.5. The molecule has 1 unspecified atom stereocenters. The van der Waals surface area contributed by atoms with E-state index in [1.807, 2.05) is 19.9 Å². The molecule has 2 aliphatic heterocycles. The molecule has 1 aromatic heterocycles. The van der Waals surface area contributed by atoms with Crippen LogP contribution in [-0.2, 0) is 15.8 Å². The number of anilines is 2. The second-order valence-electron chi connectivity index (χ2n) is 8.18. The van der Waals surface area contributed by atoms with Crippen molar-refractivity contribution in [2.45, 2.75) is 26.4 Å². The van der Waals surface area contributed by atoms with Crippen molar-refractivity contribution in [1.29, 1.82) is 0 Å². The molecular weight excluding hydrogens is 423 g/mol. The van der Waals surface area contributed by atoms with Gasteiger partial charge in [-0.05, 0) is 32.0 Å². The Labute approximate surface area is 183 Å². The van der Waals surface area contributed by atoms with Crippen LogP contribution in [0.15, 0.2) is 30.3 Å². The van der Waals surface area contributed by atoms with Crippen molar-refractivity contribution in [3.05, 3.63) is 47.4 Å². The van der Waals surface area contributed by atoms with Crippen LogP contribution in [0.1, 0.15) is 23.5 Å². The van der Waals surface area contributed by atoms with Crippen LogP contribution < -0.4 is 9.80 Å². The van der Waals surface area contributed by atoms with Gasteiger partial charge in [-0.15, -0.1) is 0 Å². The summed E-state index contributed by atoms with van der Waals surface area (Å²) < 4.78 is 39.1. The van der Waals surface area contributed by atoms with Crippen LogP contribution >= 0.6 is 0 Å². The van der Waals surface area contributed by atoms with Gasteiger partial charge in [0.2, 0.25) is 11.8 Å². The van der Waals surface area contributed by atoms with E-state index in [1.54, 1.807) is 4.90 Å². The van der Waals surface area contributed by atoms with Gasteiger partial charge in [-0.25, -0.2) is 9.97 Å². The van der Waals surface area contributed by atoms with Crippen molar-refractivity contribution in [3.8, 4) is 0 Å². The first-order chi connectivity index (χ1) is 15.1. The highest BCUT2D eigenvalue weighted by Crippen LogP contribution is 2.34. The third-order valence-electron chi connectivity index (χ3n) is 5.83. The number of aromatic nitrogens is 2. The van der Waals surface area contributed by atoms with Gasteiger partial charge in [0, 0.05) is 56.6 Å². The molecule has 1 aromatic carbocycles. The molecule has 7 nitrogen and oxygen atoms in total. The second kappa shape index (κ2) is 8.40. The molecule has 2 fully saturated rings. The largest absolute Gasteiger partial charge is 0.416 e. The lowest BCUT2D eigenvalue weighted by Crippen LogP contribution is -2.51. The molecule has 4 rings (SSSR count). The molecular formula is C22H24F3N5O2. The SMILES string of the molecule is Cc1cc(N2CCN(C(=O)C3CC(=O)N(c4cccc(C(F)(F)F)c4)C3)CC2)nc(C)n1. The monoisotopic (exact) mass is 447 g/mol. The fraction of sp³-hybridized carbons (Fsp3) is 0.455. The molecule has 0 radical (unpaired) electrons. The van der Waals surface area contributed by atoms with E-state index >= 15 is 0 Å². The Morgan fingerprint density at radius 1 is 1.06 bits per heavy atom. The van der Waals surface area contributed by atoms with E-state index in [-0.39, 0.29) is 30.5 Å². The van der Waals surface area contributed by atoms with Gasteiger partial charge in [-0.1, -0.05) is 6.07 Å². The Hall–Kier alpha value is -3.17. The summed E-state index contributed by atoms with van der Waals surface area (Å²) >= 11 is 0. The van der Waals surface area contributed by atoms with E-state index in [2.05, 4.69) is 14.9 Å². The summed E-state index contributed by atoms with van der Waals surface area (Å²) in [5.41, 5.74) is 0.230. The number of benzene rings is 1. The number of rotatable bonds is 3. The minimum Gasteiger partial charge on any atom is -0.353 e. The number of carbonyl (C=O) groups excluding carboxylic acids is 2. The van der Waals surface area contributed by atoms with Crippen LogP contribution in [-0.4, -0.2) is 59.4 Å². The molecule has 0 bridgehead atoms. The standard InChI is InChI=1S/C22H24F3N5O2/c1-14-10-19(27-15(2)26-14)28-6-8-29(9-7-28)21(32)16-11-20(31)30(13-16)18-5-3-4-17(12-18)22(23,24)25/h3-5,10,12,16H,6-9,11,13H2,1-2H3. The van der Waals surface area contributed by atoms with Crippen molar-refractivity contribution in [3.63, 3.8) is 0 Å². The van der Waals surface area contributed by atoms with Crippen LogP contribution in [0.2, 0.25) is 0 Å². The van der Waals surface area contributed by atoms with Gasteiger partial charge in [-0.2, -0.15) is 13.2 Å². The minimum absolute atomic E-state index is 0.000404. The Bertz CT molecular complexity index is 1010. The first-order valence-corrected chi connectivity index (χ1v) is 10.5.